The molecule has 1 aromatic carbocycles. The average Bonchev–Trinajstić information content (AvgIpc) is 2.97. The molecule has 1 spiro atoms. The first-order valence-electron chi connectivity index (χ1n) is 16.0. The number of amides is 4. The number of hydrogen-bond donors (Lipinski definition) is 3. The number of carbonyl (C=O) groups excluding carboxylic acids is 4. The van der Waals surface area contributed by atoms with Gasteiger partial charge < -0.3 is 30.3 Å². The minimum Gasteiger partial charge on any atom is -0.381 e. The molecule has 3 aliphatic heterocycles. The highest BCUT2D eigenvalue weighted by atomic mass is 16.5. The van der Waals surface area contributed by atoms with Gasteiger partial charge in [-0.3, -0.25) is 19.2 Å². The van der Waals surface area contributed by atoms with E-state index in [0.717, 1.165) is 5.56 Å². The molecule has 0 bridgehead atoms. The van der Waals surface area contributed by atoms with E-state index in [1.54, 1.807) is 4.90 Å². The highest BCUT2D eigenvalue weighted by Gasteiger charge is 2.42. The lowest BCUT2D eigenvalue weighted by molar-refractivity contribution is -0.146. The third kappa shape index (κ3) is 8.91. The number of fused-ring (bicyclic) bond motifs is 1. The van der Waals surface area contributed by atoms with Gasteiger partial charge in [-0.15, -0.1) is 0 Å². The van der Waals surface area contributed by atoms with Gasteiger partial charge in [-0.2, -0.15) is 0 Å². The molecule has 0 aromatic heterocycles. The van der Waals surface area contributed by atoms with Gasteiger partial charge in [0.25, 0.3) is 0 Å². The van der Waals surface area contributed by atoms with Crippen molar-refractivity contribution in [2.75, 3.05) is 26.3 Å². The smallest absolute Gasteiger partial charge is 0.247 e. The normalized spacial score (nSPS) is 25.8. The fraction of sp³-hybridized carbons (Fsp3) is 0.647. The van der Waals surface area contributed by atoms with Gasteiger partial charge in [-0.1, -0.05) is 42.5 Å². The van der Waals surface area contributed by atoms with Crippen molar-refractivity contribution in [3.8, 4) is 0 Å². The SMILES string of the molecule is CC(=O)N[C@H](C(=O)N1CC[C@H]2NC(=O)[C@H](Cc3ccccc3)NC(=O)C3(CC=CC[C@H]2C1)CCOCC3)[C@@H](C)OC(C)(C)C. The molecule has 2 saturated heterocycles. The minimum atomic E-state index is -0.821. The van der Waals surface area contributed by atoms with Crippen LogP contribution in [0.5, 0.6) is 0 Å². The summed E-state index contributed by atoms with van der Waals surface area (Å²) in [4.78, 5) is 55.3. The Kier molecular flexibility index (Phi) is 11.2. The number of hydrogen-bond acceptors (Lipinski definition) is 6. The molecule has 0 radical (unpaired) electrons. The summed E-state index contributed by atoms with van der Waals surface area (Å²) < 4.78 is 11.7. The fourth-order valence-electron chi connectivity index (χ4n) is 6.60. The minimum absolute atomic E-state index is 0.0390. The van der Waals surface area contributed by atoms with E-state index in [1.165, 1.54) is 6.92 Å². The van der Waals surface area contributed by atoms with Crippen LogP contribution in [-0.4, -0.2) is 84.7 Å². The van der Waals surface area contributed by atoms with Gasteiger partial charge in [-0.25, -0.2) is 0 Å². The van der Waals surface area contributed by atoms with Crippen LogP contribution >= 0.6 is 0 Å². The first-order chi connectivity index (χ1) is 20.9. The predicted molar refractivity (Wildman–Crippen MR) is 167 cm³/mol. The van der Waals surface area contributed by atoms with E-state index in [0.29, 0.717) is 64.8 Å². The number of ether oxygens (including phenoxy) is 2. The molecule has 0 aliphatic carbocycles. The topological polar surface area (TPSA) is 126 Å². The number of carbonyl (C=O) groups is 4. The van der Waals surface area contributed by atoms with Crippen molar-refractivity contribution in [2.45, 2.75) is 103 Å². The lowest BCUT2D eigenvalue weighted by Crippen LogP contribution is -2.61. The first-order valence-corrected chi connectivity index (χ1v) is 16.0. The van der Waals surface area contributed by atoms with Crippen molar-refractivity contribution in [1.82, 2.24) is 20.9 Å². The van der Waals surface area contributed by atoms with E-state index in [-0.39, 0.29) is 35.6 Å². The van der Waals surface area contributed by atoms with E-state index in [1.807, 2.05) is 58.0 Å². The molecule has 4 amide bonds. The van der Waals surface area contributed by atoms with Crippen LogP contribution in [0.2, 0.25) is 0 Å². The van der Waals surface area contributed by atoms with Crippen molar-refractivity contribution in [2.24, 2.45) is 11.3 Å². The predicted octanol–water partition coefficient (Wildman–Crippen LogP) is 2.90. The molecule has 5 atom stereocenters. The van der Waals surface area contributed by atoms with E-state index in [9.17, 15) is 19.2 Å². The second-order valence-electron chi connectivity index (χ2n) is 13.6. The van der Waals surface area contributed by atoms with Crippen LogP contribution in [0.15, 0.2) is 42.5 Å². The van der Waals surface area contributed by atoms with Gasteiger partial charge in [0.15, 0.2) is 0 Å². The molecule has 0 unspecified atom stereocenters. The zero-order valence-electron chi connectivity index (χ0n) is 26.9. The summed E-state index contributed by atoms with van der Waals surface area (Å²) in [6.45, 7) is 10.8. The number of benzene rings is 1. The average molecular weight is 611 g/mol. The third-order valence-corrected chi connectivity index (χ3v) is 8.96. The van der Waals surface area contributed by atoms with Crippen LogP contribution in [0.4, 0.5) is 0 Å². The molecule has 3 N–H and O–H groups in total. The molecule has 1 aromatic rings. The van der Waals surface area contributed by atoms with Crippen LogP contribution in [0.25, 0.3) is 0 Å². The number of allylic oxidation sites excluding steroid dienone is 2. The maximum atomic E-state index is 13.9. The largest absolute Gasteiger partial charge is 0.381 e. The van der Waals surface area contributed by atoms with Gasteiger partial charge in [-0.05, 0) is 65.4 Å². The Labute approximate surface area is 261 Å². The Balaban J connectivity index is 1.57. The molecule has 242 valence electrons. The van der Waals surface area contributed by atoms with Crippen molar-refractivity contribution < 1.29 is 28.7 Å². The summed E-state index contributed by atoms with van der Waals surface area (Å²) in [7, 11) is 0. The zero-order valence-corrected chi connectivity index (χ0v) is 26.9. The maximum absolute atomic E-state index is 13.9. The summed E-state index contributed by atoms with van der Waals surface area (Å²) >= 11 is 0. The van der Waals surface area contributed by atoms with Gasteiger partial charge in [0.05, 0.1) is 17.1 Å². The molecular formula is C34H50N4O6. The first kappa shape index (κ1) is 33.6. The quantitative estimate of drug-likeness (QED) is 0.426. The van der Waals surface area contributed by atoms with Gasteiger partial charge >= 0.3 is 0 Å². The lowest BCUT2D eigenvalue weighted by Gasteiger charge is -2.42. The van der Waals surface area contributed by atoms with Gasteiger partial charge in [0.1, 0.15) is 12.1 Å². The molecule has 10 nitrogen and oxygen atoms in total. The van der Waals surface area contributed by atoms with Crippen molar-refractivity contribution in [1.29, 1.82) is 0 Å². The monoisotopic (exact) mass is 610 g/mol. The highest BCUT2D eigenvalue weighted by Crippen LogP contribution is 2.36. The van der Waals surface area contributed by atoms with E-state index >= 15 is 0 Å². The Morgan fingerprint density at radius 3 is 2.48 bits per heavy atom. The van der Waals surface area contributed by atoms with Gasteiger partial charge in [0, 0.05) is 51.6 Å². The van der Waals surface area contributed by atoms with Crippen LogP contribution in [0.3, 0.4) is 0 Å². The summed E-state index contributed by atoms with van der Waals surface area (Å²) in [6, 6.07) is 7.99. The maximum Gasteiger partial charge on any atom is 0.247 e. The Bertz CT molecular complexity index is 1190. The lowest BCUT2D eigenvalue weighted by atomic mass is 9.75. The van der Waals surface area contributed by atoms with Crippen molar-refractivity contribution in [3.05, 3.63) is 48.0 Å². The van der Waals surface area contributed by atoms with Crippen LogP contribution < -0.4 is 16.0 Å². The number of nitrogens with zero attached hydrogens (tertiary/aromatic N) is 1. The Hall–Kier alpha value is -3.24. The van der Waals surface area contributed by atoms with E-state index in [2.05, 4.69) is 28.1 Å². The number of piperidine rings is 1. The molecule has 0 saturated carbocycles. The summed E-state index contributed by atoms with van der Waals surface area (Å²) in [5.41, 5.74) is -0.153. The number of likely N-dealkylation sites (tertiary alicyclic amines) is 1. The second-order valence-corrected chi connectivity index (χ2v) is 13.6. The fourth-order valence-corrected chi connectivity index (χ4v) is 6.60. The standard InChI is InChI=1S/C34H50N4O6/c1-23(44-33(3,4)5)29(35-24(2)39)31(41)38-18-14-27-26(22-38)13-9-10-15-34(16-19-43-20-17-34)32(42)37-28(30(40)36-27)21-25-11-7-6-8-12-25/h6-12,23,26-29H,13-22H2,1-5H3,(H,35,39)(H,36,40)(H,37,42)/t23-,26+,27-,28+,29+/m1/s1. The molecule has 4 rings (SSSR count). The summed E-state index contributed by atoms with van der Waals surface area (Å²) in [6.07, 6.45) is 6.97. The van der Waals surface area contributed by atoms with Crippen LogP contribution in [0, 0.1) is 11.3 Å². The number of nitrogens with one attached hydrogen (secondary N) is 3. The zero-order chi connectivity index (χ0) is 31.9. The van der Waals surface area contributed by atoms with Gasteiger partial charge in [0.2, 0.25) is 23.6 Å². The number of rotatable bonds is 6. The highest BCUT2D eigenvalue weighted by molar-refractivity contribution is 5.91. The summed E-state index contributed by atoms with van der Waals surface area (Å²) in [5, 5.41) is 9.18. The molecule has 10 heteroatoms. The molecule has 3 aliphatic rings. The Morgan fingerprint density at radius 1 is 1.11 bits per heavy atom. The third-order valence-electron chi connectivity index (χ3n) is 8.96. The molecule has 2 fully saturated rings. The van der Waals surface area contributed by atoms with Crippen LogP contribution in [0.1, 0.15) is 72.3 Å². The molecule has 44 heavy (non-hydrogen) atoms. The van der Waals surface area contributed by atoms with Crippen molar-refractivity contribution in [3.63, 3.8) is 0 Å². The van der Waals surface area contributed by atoms with Crippen LogP contribution in [-0.2, 0) is 35.1 Å². The Morgan fingerprint density at radius 2 is 1.82 bits per heavy atom. The second kappa shape index (κ2) is 14.7. The van der Waals surface area contributed by atoms with E-state index in [4.69, 9.17) is 9.47 Å². The molecule has 3 heterocycles. The summed E-state index contributed by atoms with van der Waals surface area (Å²) in [5.74, 6) is -0.839. The van der Waals surface area contributed by atoms with Crippen molar-refractivity contribution >= 4 is 23.6 Å². The molecular weight excluding hydrogens is 560 g/mol. The van der Waals surface area contributed by atoms with E-state index < -0.39 is 29.2 Å².